The molecular formula is C12H21Cl2N3. The maximum atomic E-state index is 6.34. The van der Waals surface area contributed by atoms with Crippen LogP contribution >= 0.6 is 23.2 Å². The summed E-state index contributed by atoms with van der Waals surface area (Å²) in [5.41, 5.74) is 2.04. The van der Waals surface area contributed by atoms with E-state index < -0.39 is 0 Å². The van der Waals surface area contributed by atoms with Crippen molar-refractivity contribution in [3.8, 4) is 0 Å². The molecule has 0 radical (unpaired) electrons. The Kier molecular flexibility index (Phi) is 5.77. The van der Waals surface area contributed by atoms with Gasteiger partial charge in [-0.25, -0.2) is 0 Å². The van der Waals surface area contributed by atoms with Crippen molar-refractivity contribution in [2.75, 3.05) is 12.4 Å². The van der Waals surface area contributed by atoms with Gasteiger partial charge in [-0.15, -0.1) is 11.6 Å². The molecule has 17 heavy (non-hydrogen) atoms. The number of hydrogen-bond acceptors (Lipinski definition) is 2. The second-order valence-electron chi connectivity index (χ2n) is 4.44. The molecule has 0 N–H and O–H groups in total. The zero-order valence-corrected chi connectivity index (χ0v) is 12.5. The second-order valence-corrected chi connectivity index (χ2v) is 5.19. The van der Waals surface area contributed by atoms with E-state index in [1.54, 1.807) is 0 Å². The molecule has 0 aliphatic rings. The molecule has 0 aliphatic heterocycles. The van der Waals surface area contributed by atoms with Crippen molar-refractivity contribution in [2.45, 2.75) is 39.8 Å². The van der Waals surface area contributed by atoms with Crippen LogP contribution in [0.25, 0.3) is 0 Å². The molecular weight excluding hydrogens is 257 g/mol. The van der Waals surface area contributed by atoms with Gasteiger partial charge in [-0.05, 0) is 20.3 Å². The van der Waals surface area contributed by atoms with Gasteiger partial charge in [0.1, 0.15) is 0 Å². The molecule has 98 valence electrons. The van der Waals surface area contributed by atoms with Gasteiger partial charge >= 0.3 is 0 Å². The number of hydrogen-bond donors (Lipinski definition) is 0. The average molecular weight is 278 g/mol. The van der Waals surface area contributed by atoms with Crippen molar-refractivity contribution in [3.05, 3.63) is 16.4 Å². The van der Waals surface area contributed by atoms with E-state index in [4.69, 9.17) is 23.2 Å². The molecule has 0 bridgehead atoms. The van der Waals surface area contributed by atoms with E-state index in [9.17, 15) is 0 Å². The van der Waals surface area contributed by atoms with Crippen LogP contribution in [0.5, 0.6) is 0 Å². The molecule has 1 aromatic heterocycles. The van der Waals surface area contributed by atoms with E-state index in [1.807, 2.05) is 11.7 Å². The van der Waals surface area contributed by atoms with Crippen LogP contribution < -0.4 is 0 Å². The summed E-state index contributed by atoms with van der Waals surface area (Å²) in [6.45, 7) is 8.06. The van der Waals surface area contributed by atoms with Gasteiger partial charge in [0, 0.05) is 32.1 Å². The highest BCUT2D eigenvalue weighted by atomic mass is 35.5. The number of halogens is 2. The highest BCUT2D eigenvalue weighted by molar-refractivity contribution is 6.31. The van der Waals surface area contributed by atoms with Gasteiger partial charge in [-0.1, -0.05) is 18.5 Å². The maximum absolute atomic E-state index is 6.34. The van der Waals surface area contributed by atoms with Crippen LogP contribution in [-0.2, 0) is 20.0 Å². The van der Waals surface area contributed by atoms with Crippen molar-refractivity contribution < 1.29 is 0 Å². The second kappa shape index (κ2) is 6.62. The van der Waals surface area contributed by atoms with E-state index in [-0.39, 0.29) is 0 Å². The molecule has 0 aromatic carbocycles. The Morgan fingerprint density at radius 2 is 2.06 bits per heavy atom. The molecule has 1 rings (SSSR count). The van der Waals surface area contributed by atoms with Gasteiger partial charge in [-0.3, -0.25) is 9.58 Å². The maximum Gasteiger partial charge on any atom is 0.0863 e. The van der Waals surface area contributed by atoms with Crippen LogP contribution in [0.4, 0.5) is 0 Å². The molecule has 0 saturated carbocycles. The summed E-state index contributed by atoms with van der Waals surface area (Å²) in [5.74, 6) is 0.633. The number of aryl methyl sites for hydroxylation is 2. The fourth-order valence-corrected chi connectivity index (χ4v) is 2.38. The molecule has 1 heterocycles. The summed E-state index contributed by atoms with van der Waals surface area (Å²) >= 11 is 12.2. The summed E-state index contributed by atoms with van der Waals surface area (Å²) < 4.78 is 1.88. The Morgan fingerprint density at radius 3 is 2.47 bits per heavy atom. The van der Waals surface area contributed by atoms with Crippen LogP contribution in [0.15, 0.2) is 0 Å². The third-order valence-corrected chi connectivity index (χ3v) is 3.56. The lowest BCUT2D eigenvalue weighted by molar-refractivity contribution is 0.220. The first kappa shape index (κ1) is 14.8. The molecule has 5 heteroatoms. The van der Waals surface area contributed by atoms with Gasteiger partial charge in [-0.2, -0.15) is 5.10 Å². The number of nitrogens with zero attached hydrogens (tertiary/aromatic N) is 3. The Labute approximate surface area is 114 Å². The summed E-state index contributed by atoms with van der Waals surface area (Å²) in [7, 11) is 1.94. The van der Waals surface area contributed by atoms with Crippen molar-refractivity contribution in [1.29, 1.82) is 0 Å². The normalized spacial score (nSPS) is 11.8. The van der Waals surface area contributed by atoms with Gasteiger partial charge in [0.15, 0.2) is 0 Å². The van der Waals surface area contributed by atoms with Gasteiger partial charge < -0.3 is 0 Å². The van der Waals surface area contributed by atoms with Gasteiger partial charge in [0.05, 0.1) is 16.4 Å². The fourth-order valence-electron chi connectivity index (χ4n) is 1.81. The summed E-state index contributed by atoms with van der Waals surface area (Å²) in [6.07, 6.45) is 0.865. The highest BCUT2D eigenvalue weighted by Gasteiger charge is 2.17. The fraction of sp³-hybridized carbons (Fsp3) is 0.750. The minimum atomic E-state index is 0.449. The molecule has 0 aliphatic carbocycles. The van der Waals surface area contributed by atoms with Crippen molar-refractivity contribution >= 4 is 23.2 Å². The van der Waals surface area contributed by atoms with Gasteiger partial charge in [0.25, 0.3) is 0 Å². The first-order valence-electron chi connectivity index (χ1n) is 6.01. The van der Waals surface area contributed by atoms with Crippen molar-refractivity contribution in [1.82, 2.24) is 14.7 Å². The molecule has 3 nitrogen and oxygen atoms in total. The van der Waals surface area contributed by atoms with Crippen molar-refractivity contribution in [3.63, 3.8) is 0 Å². The average Bonchev–Trinajstić information content (AvgIpc) is 2.55. The summed E-state index contributed by atoms with van der Waals surface area (Å²) in [6, 6.07) is 0.449. The van der Waals surface area contributed by atoms with E-state index >= 15 is 0 Å². The van der Waals surface area contributed by atoms with Crippen LogP contribution in [0.3, 0.4) is 0 Å². The molecule has 1 aromatic rings. The Bertz CT molecular complexity index is 361. The van der Waals surface area contributed by atoms with E-state index in [0.29, 0.717) is 11.9 Å². The summed E-state index contributed by atoms with van der Waals surface area (Å²) in [4.78, 5) is 2.30. The predicted octanol–water partition coefficient (Wildman–Crippen LogP) is 3.09. The topological polar surface area (TPSA) is 21.1 Å². The highest BCUT2D eigenvalue weighted by Crippen LogP contribution is 2.22. The van der Waals surface area contributed by atoms with E-state index in [2.05, 4.69) is 30.8 Å². The first-order chi connectivity index (χ1) is 8.01. The zero-order valence-electron chi connectivity index (χ0n) is 11.0. The monoisotopic (exact) mass is 277 g/mol. The third kappa shape index (κ3) is 3.60. The minimum Gasteiger partial charge on any atom is -0.294 e. The molecule has 0 saturated heterocycles. The van der Waals surface area contributed by atoms with Crippen LogP contribution in [0.2, 0.25) is 5.02 Å². The Balaban J connectivity index is 2.88. The smallest absolute Gasteiger partial charge is 0.0863 e. The van der Waals surface area contributed by atoms with Crippen LogP contribution in [-0.4, -0.2) is 33.1 Å². The number of rotatable bonds is 6. The van der Waals surface area contributed by atoms with Crippen LogP contribution in [0.1, 0.15) is 32.2 Å². The van der Waals surface area contributed by atoms with E-state index in [1.165, 1.54) is 0 Å². The minimum absolute atomic E-state index is 0.449. The van der Waals surface area contributed by atoms with E-state index in [0.717, 1.165) is 35.9 Å². The molecule has 0 fully saturated rings. The number of aromatic nitrogens is 2. The Hall–Kier alpha value is -0.250. The van der Waals surface area contributed by atoms with Crippen LogP contribution in [0, 0.1) is 0 Å². The standard InChI is InChI=1S/C12H21Cl2N3/c1-5-10-12(14)11(16(4)15-10)8-17(7-6-13)9(2)3/h9H,5-8H2,1-4H3. The third-order valence-electron chi connectivity index (χ3n) is 2.96. The Morgan fingerprint density at radius 1 is 1.41 bits per heavy atom. The quantitative estimate of drug-likeness (QED) is 0.746. The van der Waals surface area contributed by atoms with Crippen molar-refractivity contribution in [2.24, 2.45) is 7.05 Å². The molecule has 0 atom stereocenters. The lowest BCUT2D eigenvalue weighted by atomic mass is 10.2. The molecule has 0 spiro atoms. The molecule has 0 amide bonds. The zero-order chi connectivity index (χ0) is 13.0. The number of alkyl halides is 1. The first-order valence-corrected chi connectivity index (χ1v) is 6.92. The van der Waals surface area contributed by atoms with Gasteiger partial charge in [0.2, 0.25) is 0 Å². The SMILES string of the molecule is CCc1nn(C)c(CN(CCCl)C(C)C)c1Cl. The lowest BCUT2D eigenvalue weighted by Crippen LogP contribution is -2.32. The molecule has 0 unspecified atom stereocenters. The lowest BCUT2D eigenvalue weighted by Gasteiger charge is -2.25. The predicted molar refractivity (Wildman–Crippen MR) is 73.9 cm³/mol. The largest absolute Gasteiger partial charge is 0.294 e. The summed E-state index contributed by atoms with van der Waals surface area (Å²) in [5, 5.41) is 5.23.